The van der Waals surface area contributed by atoms with Crippen LogP contribution in [0.3, 0.4) is 0 Å². The number of carbonyl (C=O) groups excluding carboxylic acids is 4. The molecule has 0 saturated carbocycles. The Morgan fingerprint density at radius 1 is 1.00 bits per heavy atom. The number of imide groups is 2. The molecule has 8 nitrogen and oxygen atoms in total. The minimum absolute atomic E-state index is 0.0220. The zero-order valence-electron chi connectivity index (χ0n) is 12.6. The van der Waals surface area contributed by atoms with E-state index in [9.17, 15) is 24.3 Å². The van der Waals surface area contributed by atoms with Gasteiger partial charge in [-0.1, -0.05) is 18.2 Å². The van der Waals surface area contributed by atoms with E-state index >= 15 is 0 Å². The van der Waals surface area contributed by atoms with Gasteiger partial charge in [0.1, 0.15) is 0 Å². The van der Waals surface area contributed by atoms with Gasteiger partial charge < -0.3 is 5.11 Å². The highest BCUT2D eigenvalue weighted by Gasteiger charge is 2.56. The number of para-hydroxylation sites is 1. The van der Waals surface area contributed by atoms with E-state index in [-0.39, 0.29) is 24.1 Å². The highest BCUT2D eigenvalue weighted by atomic mass is 16.3. The number of benzene rings is 1. The summed E-state index contributed by atoms with van der Waals surface area (Å²) in [7, 11) is 2.54. The summed E-state index contributed by atoms with van der Waals surface area (Å²) in [5.41, 5.74) is -2.12. The van der Waals surface area contributed by atoms with Crippen molar-refractivity contribution in [3.63, 3.8) is 0 Å². The third kappa shape index (κ3) is 1.88. The zero-order chi connectivity index (χ0) is 16.9. The summed E-state index contributed by atoms with van der Waals surface area (Å²) in [6.45, 7) is 0. The summed E-state index contributed by atoms with van der Waals surface area (Å²) in [4.78, 5) is 51.0. The van der Waals surface area contributed by atoms with E-state index in [1.54, 1.807) is 12.1 Å². The molecule has 23 heavy (non-hydrogen) atoms. The van der Waals surface area contributed by atoms with Gasteiger partial charge in [-0.15, -0.1) is 0 Å². The van der Waals surface area contributed by atoms with E-state index in [0.717, 1.165) is 14.7 Å². The molecule has 0 spiro atoms. The SMILES string of the molecule is CN1C(=O)N(C)C(O)(c2ccccc2N2C(=O)CCC2=O)C1=O. The monoisotopic (exact) mass is 317 g/mol. The first kappa shape index (κ1) is 15.2. The summed E-state index contributed by atoms with van der Waals surface area (Å²) in [6.07, 6.45) is 0.155. The average molecular weight is 317 g/mol. The van der Waals surface area contributed by atoms with Gasteiger partial charge in [0.15, 0.2) is 0 Å². The lowest BCUT2D eigenvalue weighted by molar-refractivity contribution is -0.152. The number of urea groups is 1. The van der Waals surface area contributed by atoms with Gasteiger partial charge in [-0.3, -0.25) is 29.1 Å². The van der Waals surface area contributed by atoms with E-state index in [0.29, 0.717) is 0 Å². The lowest BCUT2D eigenvalue weighted by Crippen LogP contribution is -2.46. The fraction of sp³-hybridized carbons (Fsp3) is 0.333. The van der Waals surface area contributed by atoms with E-state index in [4.69, 9.17) is 0 Å². The Morgan fingerprint density at radius 2 is 1.57 bits per heavy atom. The summed E-state index contributed by atoms with van der Waals surface area (Å²) in [5.74, 6) is -1.64. The first-order valence-electron chi connectivity index (χ1n) is 7.03. The van der Waals surface area contributed by atoms with Crippen molar-refractivity contribution in [2.45, 2.75) is 18.6 Å². The quantitative estimate of drug-likeness (QED) is 0.612. The van der Waals surface area contributed by atoms with Gasteiger partial charge in [0.2, 0.25) is 11.8 Å². The fourth-order valence-corrected chi connectivity index (χ4v) is 2.93. The van der Waals surface area contributed by atoms with Crippen molar-refractivity contribution in [2.24, 2.45) is 0 Å². The lowest BCUT2D eigenvalue weighted by atomic mass is 9.98. The van der Waals surface area contributed by atoms with Crippen LogP contribution in [0.25, 0.3) is 0 Å². The molecule has 1 atom stereocenters. The Kier molecular flexibility index (Phi) is 3.22. The average Bonchev–Trinajstić information content (AvgIpc) is 2.95. The van der Waals surface area contributed by atoms with Crippen LogP contribution in [-0.2, 0) is 20.1 Å². The van der Waals surface area contributed by atoms with Gasteiger partial charge in [-0.2, -0.15) is 0 Å². The number of rotatable bonds is 2. The first-order chi connectivity index (χ1) is 10.8. The zero-order valence-corrected chi connectivity index (χ0v) is 12.6. The molecule has 0 aliphatic carbocycles. The highest BCUT2D eigenvalue weighted by Crippen LogP contribution is 2.39. The number of nitrogens with zero attached hydrogens (tertiary/aromatic N) is 3. The van der Waals surface area contributed by atoms with Gasteiger partial charge in [0.05, 0.1) is 5.69 Å². The maximum Gasteiger partial charge on any atom is 0.329 e. The van der Waals surface area contributed by atoms with Crippen LogP contribution in [0, 0.1) is 0 Å². The van der Waals surface area contributed by atoms with E-state index < -0.39 is 29.5 Å². The molecule has 5 amide bonds. The Bertz CT molecular complexity index is 730. The fourth-order valence-electron chi connectivity index (χ4n) is 2.93. The van der Waals surface area contributed by atoms with Gasteiger partial charge in [0.25, 0.3) is 11.6 Å². The molecule has 1 N–H and O–H groups in total. The predicted octanol–water partition coefficient (Wildman–Crippen LogP) is 0.00890. The second-order valence-corrected chi connectivity index (χ2v) is 5.52. The number of hydrogen-bond acceptors (Lipinski definition) is 5. The van der Waals surface area contributed by atoms with Crippen LogP contribution in [0.15, 0.2) is 24.3 Å². The maximum atomic E-state index is 12.4. The molecule has 0 bridgehead atoms. The van der Waals surface area contributed by atoms with Crippen LogP contribution in [0.4, 0.5) is 10.5 Å². The molecule has 8 heteroatoms. The number of carbonyl (C=O) groups is 4. The van der Waals surface area contributed by atoms with E-state index in [1.165, 1.54) is 26.2 Å². The van der Waals surface area contributed by atoms with E-state index in [2.05, 4.69) is 0 Å². The predicted molar refractivity (Wildman–Crippen MR) is 78.0 cm³/mol. The topological polar surface area (TPSA) is 98.2 Å². The molecule has 2 heterocycles. The van der Waals surface area contributed by atoms with Crippen molar-refractivity contribution >= 4 is 29.4 Å². The standard InChI is InChI=1S/C15H15N3O5/c1-16-13(21)15(23,17(2)14(16)22)9-5-3-4-6-10(9)18-11(19)7-8-12(18)20/h3-6,23H,7-8H2,1-2H3. The molecular weight excluding hydrogens is 302 g/mol. The van der Waals surface area contributed by atoms with Gasteiger partial charge >= 0.3 is 6.03 Å². The molecule has 1 unspecified atom stereocenters. The van der Waals surface area contributed by atoms with Crippen molar-refractivity contribution in [1.82, 2.24) is 9.80 Å². The first-order valence-corrected chi connectivity index (χ1v) is 7.03. The molecule has 2 fully saturated rings. The Morgan fingerprint density at radius 3 is 2.09 bits per heavy atom. The van der Waals surface area contributed by atoms with Crippen LogP contribution in [0.2, 0.25) is 0 Å². The van der Waals surface area contributed by atoms with Crippen molar-refractivity contribution in [2.75, 3.05) is 19.0 Å². The minimum atomic E-state index is -2.26. The number of likely N-dealkylation sites (N-methyl/N-ethyl adjacent to an activating group) is 2. The molecule has 0 aromatic heterocycles. The number of hydrogen-bond donors (Lipinski definition) is 1. The van der Waals surface area contributed by atoms with Crippen LogP contribution in [-0.4, -0.2) is 52.8 Å². The molecule has 0 radical (unpaired) electrons. The van der Waals surface area contributed by atoms with Gasteiger partial charge in [-0.05, 0) is 6.07 Å². The molecule has 120 valence electrons. The van der Waals surface area contributed by atoms with Crippen molar-refractivity contribution in [1.29, 1.82) is 0 Å². The third-order valence-corrected chi connectivity index (χ3v) is 4.23. The molecule has 2 saturated heterocycles. The maximum absolute atomic E-state index is 12.4. The van der Waals surface area contributed by atoms with Gasteiger partial charge in [0, 0.05) is 32.5 Å². The lowest BCUT2D eigenvalue weighted by Gasteiger charge is -2.30. The molecule has 2 aliphatic heterocycles. The van der Waals surface area contributed by atoms with Crippen LogP contribution < -0.4 is 4.90 Å². The minimum Gasteiger partial charge on any atom is -0.359 e. The smallest absolute Gasteiger partial charge is 0.329 e. The summed E-state index contributed by atoms with van der Waals surface area (Å²) >= 11 is 0. The van der Waals surface area contributed by atoms with E-state index in [1.807, 2.05) is 0 Å². The number of anilines is 1. The second-order valence-electron chi connectivity index (χ2n) is 5.52. The number of aliphatic hydroxyl groups is 1. The Balaban J connectivity index is 2.19. The Hall–Kier alpha value is -2.74. The van der Waals surface area contributed by atoms with Gasteiger partial charge in [-0.25, -0.2) is 4.79 Å². The molecule has 1 aromatic rings. The Labute approximate surface area is 131 Å². The largest absolute Gasteiger partial charge is 0.359 e. The number of amides is 5. The molecular formula is C15H15N3O5. The van der Waals surface area contributed by atoms with Crippen molar-refractivity contribution < 1.29 is 24.3 Å². The summed E-state index contributed by atoms with van der Waals surface area (Å²) in [6, 6.07) is 5.37. The summed E-state index contributed by atoms with van der Waals surface area (Å²) < 4.78 is 0. The third-order valence-electron chi connectivity index (χ3n) is 4.23. The highest BCUT2D eigenvalue weighted by molar-refractivity contribution is 6.20. The summed E-state index contributed by atoms with van der Waals surface area (Å²) in [5, 5.41) is 10.9. The second kappa shape index (κ2) is 4.88. The van der Waals surface area contributed by atoms with Crippen LogP contribution in [0.5, 0.6) is 0 Å². The van der Waals surface area contributed by atoms with Crippen molar-refractivity contribution in [3.05, 3.63) is 29.8 Å². The van der Waals surface area contributed by atoms with Crippen LogP contribution in [0.1, 0.15) is 18.4 Å². The van der Waals surface area contributed by atoms with Crippen LogP contribution >= 0.6 is 0 Å². The normalized spacial score (nSPS) is 25.1. The van der Waals surface area contributed by atoms with Crippen molar-refractivity contribution in [3.8, 4) is 0 Å². The molecule has 2 aliphatic rings. The molecule has 1 aromatic carbocycles. The molecule has 3 rings (SSSR count).